The lowest BCUT2D eigenvalue weighted by molar-refractivity contribution is -0.140. The highest BCUT2D eigenvalue weighted by Gasteiger charge is 2.47. The van der Waals surface area contributed by atoms with Gasteiger partial charge >= 0.3 is 0 Å². The second-order valence-electron chi connectivity index (χ2n) is 4.94. The van der Waals surface area contributed by atoms with E-state index in [1.165, 1.54) is 4.90 Å². The Balaban J connectivity index is 1.84. The van der Waals surface area contributed by atoms with Crippen LogP contribution in [0, 0.1) is 18.8 Å². The fourth-order valence-electron chi connectivity index (χ4n) is 2.73. The van der Waals surface area contributed by atoms with Gasteiger partial charge in [0.25, 0.3) is 0 Å². The molecule has 5 heteroatoms. The molecule has 1 fully saturated rings. The first-order valence-electron chi connectivity index (χ1n) is 6.17. The van der Waals surface area contributed by atoms with Gasteiger partial charge in [-0.15, -0.1) is 0 Å². The second-order valence-corrected chi connectivity index (χ2v) is 4.94. The molecular weight excluding hydrogens is 230 g/mol. The van der Waals surface area contributed by atoms with Gasteiger partial charge in [-0.1, -0.05) is 12.2 Å². The number of amides is 2. The second kappa shape index (κ2) is 4.08. The topological polar surface area (TPSA) is 66.1 Å². The normalized spacial score (nSPS) is 26.8. The largest absolute Gasteiger partial charge is 0.283 e. The summed E-state index contributed by atoms with van der Waals surface area (Å²) >= 11 is 0. The van der Waals surface area contributed by atoms with Crippen molar-refractivity contribution in [1.29, 1.82) is 0 Å². The lowest BCUT2D eigenvalue weighted by Gasteiger charge is -2.14. The van der Waals surface area contributed by atoms with E-state index in [4.69, 9.17) is 0 Å². The van der Waals surface area contributed by atoms with Crippen molar-refractivity contribution in [2.75, 3.05) is 0 Å². The first-order valence-corrected chi connectivity index (χ1v) is 6.17. The summed E-state index contributed by atoms with van der Waals surface area (Å²) in [4.78, 5) is 25.8. The Morgan fingerprint density at radius 1 is 1.28 bits per heavy atom. The molecule has 18 heavy (non-hydrogen) atoms. The molecule has 0 saturated carbocycles. The number of carbonyl (C=O) groups excluding carboxylic acids is 2. The molecule has 2 heterocycles. The molecule has 0 aromatic carbocycles. The predicted molar refractivity (Wildman–Crippen MR) is 64.2 cm³/mol. The van der Waals surface area contributed by atoms with Crippen molar-refractivity contribution in [1.82, 2.24) is 15.1 Å². The van der Waals surface area contributed by atoms with E-state index in [9.17, 15) is 9.59 Å². The van der Waals surface area contributed by atoms with E-state index in [2.05, 4.69) is 10.2 Å². The number of aromatic nitrogens is 2. The third-order valence-corrected chi connectivity index (χ3v) is 3.86. The zero-order valence-corrected chi connectivity index (χ0v) is 10.2. The number of hydrogen-bond donors (Lipinski definition) is 1. The number of imide groups is 1. The smallest absolute Gasteiger partial charge is 0.233 e. The number of nitrogens with one attached hydrogen (secondary N) is 1. The number of hydrogen-bond acceptors (Lipinski definition) is 3. The van der Waals surface area contributed by atoms with Crippen molar-refractivity contribution < 1.29 is 9.59 Å². The number of rotatable bonds is 2. The van der Waals surface area contributed by atoms with Gasteiger partial charge in [0.05, 0.1) is 24.6 Å². The molecule has 2 atom stereocenters. The van der Waals surface area contributed by atoms with Crippen molar-refractivity contribution in [3.63, 3.8) is 0 Å². The summed E-state index contributed by atoms with van der Waals surface area (Å²) in [6.45, 7) is 2.23. The van der Waals surface area contributed by atoms with Crippen LogP contribution in [0.1, 0.15) is 24.1 Å². The SMILES string of the molecule is Cc1[nH]ncc1CN1C(=O)C2CC=CCC2C1=O. The number of H-pyrrole nitrogens is 1. The molecule has 1 saturated heterocycles. The van der Waals surface area contributed by atoms with Crippen LogP contribution in [0.15, 0.2) is 18.3 Å². The molecule has 1 aliphatic carbocycles. The van der Waals surface area contributed by atoms with Gasteiger partial charge in [0, 0.05) is 11.3 Å². The van der Waals surface area contributed by atoms with Gasteiger partial charge in [-0.25, -0.2) is 0 Å². The number of aryl methyl sites for hydroxylation is 1. The molecular formula is C13H15N3O2. The van der Waals surface area contributed by atoms with Crippen molar-refractivity contribution in [2.45, 2.75) is 26.3 Å². The van der Waals surface area contributed by atoms with Crippen molar-refractivity contribution in [2.24, 2.45) is 11.8 Å². The molecule has 0 radical (unpaired) electrons. The Bertz CT molecular complexity index is 506. The molecule has 2 amide bonds. The summed E-state index contributed by atoms with van der Waals surface area (Å²) in [6, 6.07) is 0. The van der Waals surface area contributed by atoms with E-state index >= 15 is 0 Å². The summed E-state index contributed by atoms with van der Waals surface area (Å²) in [5.41, 5.74) is 1.81. The summed E-state index contributed by atoms with van der Waals surface area (Å²) in [5.74, 6) is -0.352. The van der Waals surface area contributed by atoms with Crippen LogP contribution in [-0.2, 0) is 16.1 Å². The Hall–Kier alpha value is -1.91. The zero-order valence-electron chi connectivity index (χ0n) is 10.2. The Kier molecular flexibility index (Phi) is 2.54. The van der Waals surface area contributed by atoms with Crippen molar-refractivity contribution in [3.8, 4) is 0 Å². The minimum atomic E-state index is -0.144. The zero-order chi connectivity index (χ0) is 12.7. The lowest BCUT2D eigenvalue weighted by atomic mass is 9.85. The molecule has 3 rings (SSSR count). The Labute approximate surface area is 105 Å². The van der Waals surface area contributed by atoms with Crippen LogP contribution in [0.25, 0.3) is 0 Å². The van der Waals surface area contributed by atoms with E-state index in [1.54, 1.807) is 6.20 Å². The molecule has 5 nitrogen and oxygen atoms in total. The van der Waals surface area contributed by atoms with Crippen LogP contribution in [0.2, 0.25) is 0 Å². The van der Waals surface area contributed by atoms with Gasteiger partial charge in [0.15, 0.2) is 0 Å². The summed E-state index contributed by atoms with van der Waals surface area (Å²) in [5, 5.41) is 6.74. The third-order valence-electron chi connectivity index (χ3n) is 3.86. The number of allylic oxidation sites excluding steroid dienone is 2. The van der Waals surface area contributed by atoms with Gasteiger partial charge in [0.2, 0.25) is 11.8 Å². The fraction of sp³-hybridized carbons (Fsp3) is 0.462. The molecule has 1 aromatic heterocycles. The minimum Gasteiger partial charge on any atom is -0.283 e. The highest BCUT2D eigenvalue weighted by Crippen LogP contribution is 2.35. The van der Waals surface area contributed by atoms with Gasteiger partial charge in [-0.05, 0) is 19.8 Å². The van der Waals surface area contributed by atoms with E-state index in [1.807, 2.05) is 19.1 Å². The average Bonchev–Trinajstić information content (AvgIpc) is 2.89. The fourth-order valence-corrected chi connectivity index (χ4v) is 2.73. The number of aromatic amines is 1. The lowest BCUT2D eigenvalue weighted by Crippen LogP contribution is -2.30. The molecule has 1 aliphatic heterocycles. The highest BCUT2D eigenvalue weighted by molar-refractivity contribution is 6.05. The average molecular weight is 245 g/mol. The predicted octanol–water partition coefficient (Wildman–Crippen LogP) is 1.17. The summed E-state index contributed by atoms with van der Waals surface area (Å²) in [6.07, 6.45) is 7.06. The molecule has 2 aliphatic rings. The monoisotopic (exact) mass is 245 g/mol. The molecule has 1 N–H and O–H groups in total. The van der Waals surface area contributed by atoms with E-state index < -0.39 is 0 Å². The Morgan fingerprint density at radius 3 is 2.39 bits per heavy atom. The molecule has 94 valence electrons. The van der Waals surface area contributed by atoms with Crippen LogP contribution in [-0.4, -0.2) is 26.9 Å². The quantitative estimate of drug-likeness (QED) is 0.628. The van der Waals surface area contributed by atoms with E-state index in [0.717, 1.165) is 11.3 Å². The molecule has 1 aromatic rings. The van der Waals surface area contributed by atoms with Gasteiger partial charge in [-0.2, -0.15) is 5.10 Å². The molecule has 2 unspecified atom stereocenters. The van der Waals surface area contributed by atoms with Gasteiger partial charge in [0.1, 0.15) is 0 Å². The van der Waals surface area contributed by atoms with Crippen LogP contribution in [0.5, 0.6) is 0 Å². The van der Waals surface area contributed by atoms with Crippen LogP contribution >= 0.6 is 0 Å². The van der Waals surface area contributed by atoms with Crippen LogP contribution < -0.4 is 0 Å². The van der Waals surface area contributed by atoms with Gasteiger partial charge < -0.3 is 0 Å². The minimum absolute atomic E-state index is 0.0325. The van der Waals surface area contributed by atoms with E-state index in [0.29, 0.717) is 19.4 Å². The first kappa shape index (κ1) is 11.2. The highest BCUT2D eigenvalue weighted by atomic mass is 16.2. The number of carbonyl (C=O) groups is 2. The Morgan fingerprint density at radius 2 is 1.89 bits per heavy atom. The number of fused-ring (bicyclic) bond motifs is 1. The van der Waals surface area contributed by atoms with Crippen molar-refractivity contribution >= 4 is 11.8 Å². The van der Waals surface area contributed by atoms with Crippen LogP contribution in [0.3, 0.4) is 0 Å². The third kappa shape index (κ3) is 1.58. The van der Waals surface area contributed by atoms with E-state index in [-0.39, 0.29) is 23.7 Å². The number of likely N-dealkylation sites (tertiary alicyclic amines) is 1. The maximum Gasteiger partial charge on any atom is 0.233 e. The van der Waals surface area contributed by atoms with Crippen molar-refractivity contribution in [3.05, 3.63) is 29.6 Å². The molecule has 0 spiro atoms. The standard InChI is InChI=1S/C13H15N3O2/c1-8-9(6-14-15-8)7-16-12(17)10-4-2-3-5-11(10)13(16)18/h2-3,6,10-11H,4-5,7H2,1H3,(H,14,15). The molecule has 0 bridgehead atoms. The summed E-state index contributed by atoms with van der Waals surface area (Å²) in [7, 11) is 0. The number of nitrogens with zero attached hydrogens (tertiary/aromatic N) is 2. The maximum atomic E-state index is 12.2. The maximum absolute atomic E-state index is 12.2. The summed E-state index contributed by atoms with van der Waals surface area (Å²) < 4.78 is 0. The van der Waals surface area contributed by atoms with Gasteiger partial charge in [-0.3, -0.25) is 19.6 Å². The first-order chi connectivity index (χ1) is 8.68. The van der Waals surface area contributed by atoms with Crippen LogP contribution in [0.4, 0.5) is 0 Å².